The molecule has 1 aromatic carbocycles. The van der Waals surface area contributed by atoms with E-state index in [0.29, 0.717) is 4.75 Å². The SMILES string of the molecule is COCCNCc1ccc(N2CCSC(C)(C)C2)cc1Br. The van der Waals surface area contributed by atoms with Crippen LogP contribution in [0, 0.1) is 0 Å². The second-order valence-electron chi connectivity index (χ2n) is 5.97. The van der Waals surface area contributed by atoms with E-state index in [-0.39, 0.29) is 0 Å². The molecule has 0 saturated carbocycles. The fraction of sp³-hybridized carbons (Fsp3) is 0.625. The van der Waals surface area contributed by atoms with Crippen LogP contribution in [0.3, 0.4) is 0 Å². The molecule has 118 valence electrons. The van der Waals surface area contributed by atoms with E-state index in [1.165, 1.54) is 21.5 Å². The summed E-state index contributed by atoms with van der Waals surface area (Å²) in [7, 11) is 1.73. The molecule has 0 aromatic heterocycles. The van der Waals surface area contributed by atoms with Gasteiger partial charge in [0.15, 0.2) is 0 Å². The Labute approximate surface area is 140 Å². The number of anilines is 1. The second-order valence-corrected chi connectivity index (χ2v) is 8.63. The second kappa shape index (κ2) is 7.86. The van der Waals surface area contributed by atoms with Crippen molar-refractivity contribution < 1.29 is 4.74 Å². The minimum Gasteiger partial charge on any atom is -0.383 e. The molecule has 1 N–H and O–H groups in total. The number of rotatable bonds is 6. The van der Waals surface area contributed by atoms with Gasteiger partial charge in [-0.3, -0.25) is 0 Å². The molecule has 1 fully saturated rings. The zero-order chi connectivity index (χ0) is 15.3. The van der Waals surface area contributed by atoms with Gasteiger partial charge < -0.3 is 15.0 Å². The summed E-state index contributed by atoms with van der Waals surface area (Å²) in [6, 6.07) is 6.71. The van der Waals surface area contributed by atoms with E-state index in [9.17, 15) is 0 Å². The summed E-state index contributed by atoms with van der Waals surface area (Å²) >= 11 is 5.77. The molecule has 2 rings (SSSR count). The minimum atomic E-state index is 0.338. The molecule has 0 radical (unpaired) electrons. The Morgan fingerprint density at radius 1 is 1.43 bits per heavy atom. The summed E-state index contributed by atoms with van der Waals surface area (Å²) in [5.74, 6) is 1.20. The maximum Gasteiger partial charge on any atom is 0.0587 e. The Hall–Kier alpha value is -0.230. The van der Waals surface area contributed by atoms with Crippen LogP contribution in [0.2, 0.25) is 0 Å². The van der Waals surface area contributed by atoms with Crippen LogP contribution in [-0.4, -0.2) is 43.9 Å². The van der Waals surface area contributed by atoms with Crippen LogP contribution >= 0.6 is 27.7 Å². The monoisotopic (exact) mass is 372 g/mol. The lowest BCUT2D eigenvalue weighted by Gasteiger charge is -2.39. The molecule has 1 aromatic rings. The zero-order valence-corrected chi connectivity index (χ0v) is 15.5. The predicted octanol–water partition coefficient (Wildman–Crippen LogP) is 3.52. The van der Waals surface area contributed by atoms with Crippen molar-refractivity contribution >= 4 is 33.4 Å². The fourth-order valence-electron chi connectivity index (χ4n) is 2.51. The molecule has 0 aliphatic carbocycles. The van der Waals surface area contributed by atoms with E-state index >= 15 is 0 Å². The molecule has 0 unspecified atom stereocenters. The minimum absolute atomic E-state index is 0.338. The number of hydrogen-bond acceptors (Lipinski definition) is 4. The van der Waals surface area contributed by atoms with Crippen LogP contribution in [0.4, 0.5) is 5.69 Å². The number of hydrogen-bond donors (Lipinski definition) is 1. The quantitative estimate of drug-likeness (QED) is 0.772. The van der Waals surface area contributed by atoms with Crippen LogP contribution in [-0.2, 0) is 11.3 Å². The molecule has 1 aliphatic rings. The number of nitrogens with one attached hydrogen (secondary N) is 1. The van der Waals surface area contributed by atoms with Crippen LogP contribution in [0.25, 0.3) is 0 Å². The first-order valence-electron chi connectivity index (χ1n) is 7.39. The molecule has 0 bridgehead atoms. The Kier molecular flexibility index (Phi) is 6.41. The number of halogens is 1. The first-order valence-corrected chi connectivity index (χ1v) is 9.17. The lowest BCUT2D eigenvalue weighted by molar-refractivity contribution is 0.199. The smallest absolute Gasteiger partial charge is 0.0587 e. The summed E-state index contributed by atoms with van der Waals surface area (Å²) in [6.45, 7) is 9.38. The van der Waals surface area contributed by atoms with E-state index in [0.717, 1.165) is 32.8 Å². The van der Waals surface area contributed by atoms with Crippen molar-refractivity contribution in [1.29, 1.82) is 0 Å². The van der Waals surface area contributed by atoms with Gasteiger partial charge in [0.2, 0.25) is 0 Å². The van der Waals surface area contributed by atoms with Crippen molar-refractivity contribution in [2.75, 3.05) is 44.0 Å². The van der Waals surface area contributed by atoms with Gasteiger partial charge in [-0.15, -0.1) is 0 Å². The number of benzene rings is 1. The topological polar surface area (TPSA) is 24.5 Å². The van der Waals surface area contributed by atoms with Crippen molar-refractivity contribution in [2.45, 2.75) is 25.1 Å². The van der Waals surface area contributed by atoms with Gasteiger partial charge in [-0.25, -0.2) is 0 Å². The van der Waals surface area contributed by atoms with E-state index in [4.69, 9.17) is 4.74 Å². The van der Waals surface area contributed by atoms with Crippen molar-refractivity contribution in [1.82, 2.24) is 5.32 Å². The maximum atomic E-state index is 5.05. The molecule has 1 aliphatic heterocycles. The van der Waals surface area contributed by atoms with Gasteiger partial charge in [0.25, 0.3) is 0 Å². The third-order valence-corrected chi connectivity index (χ3v) is 5.66. The molecule has 0 amide bonds. The zero-order valence-electron chi connectivity index (χ0n) is 13.1. The van der Waals surface area contributed by atoms with Gasteiger partial charge in [-0.2, -0.15) is 11.8 Å². The molecule has 5 heteroatoms. The highest BCUT2D eigenvalue weighted by Gasteiger charge is 2.27. The molecular formula is C16H25BrN2OS. The third kappa shape index (κ3) is 5.16. The highest BCUT2D eigenvalue weighted by Crippen LogP contribution is 2.33. The molecule has 0 atom stereocenters. The average molecular weight is 373 g/mol. The van der Waals surface area contributed by atoms with Gasteiger partial charge >= 0.3 is 0 Å². The molecule has 3 nitrogen and oxygen atoms in total. The van der Waals surface area contributed by atoms with Gasteiger partial charge in [0, 0.05) is 53.9 Å². The van der Waals surface area contributed by atoms with Gasteiger partial charge in [-0.05, 0) is 31.5 Å². The van der Waals surface area contributed by atoms with E-state index in [2.05, 4.69) is 70.0 Å². The number of methoxy groups -OCH3 is 1. The van der Waals surface area contributed by atoms with E-state index < -0.39 is 0 Å². The Morgan fingerprint density at radius 3 is 2.90 bits per heavy atom. The molecular weight excluding hydrogens is 348 g/mol. The summed E-state index contributed by atoms with van der Waals surface area (Å²) in [5.41, 5.74) is 2.61. The third-order valence-electron chi connectivity index (χ3n) is 3.63. The largest absolute Gasteiger partial charge is 0.383 e. The summed E-state index contributed by atoms with van der Waals surface area (Å²) < 4.78 is 6.56. The van der Waals surface area contributed by atoms with E-state index in [1.807, 2.05) is 0 Å². The lowest BCUT2D eigenvalue weighted by Crippen LogP contribution is -2.43. The highest BCUT2D eigenvalue weighted by atomic mass is 79.9. The summed E-state index contributed by atoms with van der Waals surface area (Å²) in [5, 5.41) is 3.38. The van der Waals surface area contributed by atoms with Crippen molar-refractivity contribution in [2.24, 2.45) is 0 Å². The fourth-order valence-corrected chi connectivity index (χ4v) is 4.13. The van der Waals surface area contributed by atoms with Crippen molar-refractivity contribution in [3.8, 4) is 0 Å². The van der Waals surface area contributed by atoms with Crippen LogP contribution in [0.15, 0.2) is 22.7 Å². The first-order chi connectivity index (χ1) is 10.0. The Morgan fingerprint density at radius 2 is 2.24 bits per heavy atom. The summed E-state index contributed by atoms with van der Waals surface area (Å²) in [6.07, 6.45) is 0. The Balaban J connectivity index is 1.98. The summed E-state index contributed by atoms with van der Waals surface area (Å²) in [4.78, 5) is 2.49. The van der Waals surface area contributed by atoms with Gasteiger partial charge in [-0.1, -0.05) is 22.0 Å². The highest BCUT2D eigenvalue weighted by molar-refractivity contribution is 9.10. The number of thioether (sulfide) groups is 1. The van der Waals surface area contributed by atoms with Crippen LogP contribution in [0.1, 0.15) is 19.4 Å². The molecule has 1 saturated heterocycles. The normalized spacial score (nSPS) is 18.0. The average Bonchev–Trinajstić information content (AvgIpc) is 2.44. The first kappa shape index (κ1) is 17.1. The maximum absolute atomic E-state index is 5.05. The standard InChI is InChI=1S/C16H25BrN2OS/c1-16(2)12-19(7-9-21-16)14-5-4-13(15(17)10-14)11-18-6-8-20-3/h4-5,10,18H,6-9,11-12H2,1-3H3. The van der Waals surface area contributed by atoms with Gasteiger partial charge in [0.05, 0.1) is 6.61 Å². The Bertz CT molecular complexity index is 468. The van der Waals surface area contributed by atoms with Crippen LogP contribution < -0.4 is 10.2 Å². The predicted molar refractivity (Wildman–Crippen MR) is 96.5 cm³/mol. The number of ether oxygens (including phenoxy) is 1. The van der Waals surface area contributed by atoms with Crippen molar-refractivity contribution in [3.63, 3.8) is 0 Å². The number of nitrogens with zero attached hydrogens (tertiary/aromatic N) is 1. The van der Waals surface area contributed by atoms with Crippen LogP contribution in [0.5, 0.6) is 0 Å². The molecule has 1 heterocycles. The van der Waals surface area contributed by atoms with Crippen molar-refractivity contribution in [3.05, 3.63) is 28.2 Å². The molecule has 21 heavy (non-hydrogen) atoms. The lowest BCUT2D eigenvalue weighted by atomic mass is 10.1. The van der Waals surface area contributed by atoms with Gasteiger partial charge in [0.1, 0.15) is 0 Å². The molecule has 0 spiro atoms. The van der Waals surface area contributed by atoms with E-state index in [1.54, 1.807) is 7.11 Å².